The van der Waals surface area contributed by atoms with Crippen molar-refractivity contribution in [2.75, 3.05) is 6.54 Å². The SMILES string of the molecule is CC(C)C(=O)OC(CN)CC(=O)O. The maximum absolute atomic E-state index is 11.0. The molecule has 0 bridgehead atoms. The Balaban J connectivity index is 3.97. The molecule has 0 fully saturated rings. The Bertz CT molecular complexity index is 191. The molecule has 0 spiro atoms. The Labute approximate surface area is 76.9 Å². The van der Waals surface area contributed by atoms with E-state index in [4.69, 9.17) is 15.6 Å². The molecule has 0 saturated heterocycles. The minimum atomic E-state index is -1.02. The summed E-state index contributed by atoms with van der Waals surface area (Å²) in [7, 11) is 0. The van der Waals surface area contributed by atoms with Crippen molar-refractivity contribution in [2.24, 2.45) is 11.7 Å². The molecule has 0 aromatic rings. The van der Waals surface area contributed by atoms with Crippen LogP contribution in [0.5, 0.6) is 0 Å². The molecule has 1 atom stereocenters. The van der Waals surface area contributed by atoms with Crippen LogP contribution in [0.3, 0.4) is 0 Å². The summed E-state index contributed by atoms with van der Waals surface area (Å²) >= 11 is 0. The van der Waals surface area contributed by atoms with Gasteiger partial charge in [-0.1, -0.05) is 13.8 Å². The molecule has 0 saturated carbocycles. The summed E-state index contributed by atoms with van der Waals surface area (Å²) in [6, 6.07) is 0. The molecule has 0 aromatic heterocycles. The van der Waals surface area contributed by atoms with E-state index in [1.54, 1.807) is 13.8 Å². The van der Waals surface area contributed by atoms with Gasteiger partial charge in [-0.2, -0.15) is 0 Å². The van der Waals surface area contributed by atoms with E-state index in [1.165, 1.54) is 0 Å². The van der Waals surface area contributed by atoms with Gasteiger partial charge in [-0.3, -0.25) is 9.59 Å². The van der Waals surface area contributed by atoms with Gasteiger partial charge < -0.3 is 15.6 Å². The van der Waals surface area contributed by atoms with E-state index in [9.17, 15) is 9.59 Å². The Morgan fingerprint density at radius 1 is 1.46 bits per heavy atom. The molecular weight excluding hydrogens is 174 g/mol. The highest BCUT2D eigenvalue weighted by molar-refractivity contribution is 5.73. The molecule has 13 heavy (non-hydrogen) atoms. The number of ether oxygens (including phenoxy) is 1. The normalized spacial score (nSPS) is 12.6. The molecule has 5 nitrogen and oxygen atoms in total. The first-order valence-electron chi connectivity index (χ1n) is 4.09. The number of carboxylic acid groups (broad SMARTS) is 1. The summed E-state index contributed by atoms with van der Waals surface area (Å²) in [6.45, 7) is 3.39. The van der Waals surface area contributed by atoms with E-state index in [-0.39, 0.29) is 18.9 Å². The summed E-state index contributed by atoms with van der Waals surface area (Å²) in [5.74, 6) is -1.70. The van der Waals surface area contributed by atoms with E-state index < -0.39 is 18.0 Å². The number of aliphatic carboxylic acids is 1. The third-order valence-corrected chi connectivity index (χ3v) is 1.42. The first kappa shape index (κ1) is 11.9. The molecule has 0 radical (unpaired) electrons. The zero-order chi connectivity index (χ0) is 10.4. The number of hydrogen-bond donors (Lipinski definition) is 2. The van der Waals surface area contributed by atoms with E-state index >= 15 is 0 Å². The lowest BCUT2D eigenvalue weighted by Gasteiger charge is -2.15. The number of nitrogens with two attached hydrogens (primary N) is 1. The first-order valence-corrected chi connectivity index (χ1v) is 4.09. The number of carbonyl (C=O) groups excluding carboxylic acids is 1. The summed E-state index contributed by atoms with van der Waals surface area (Å²) in [5.41, 5.74) is 5.23. The van der Waals surface area contributed by atoms with Gasteiger partial charge in [0.1, 0.15) is 6.10 Å². The molecular formula is C8H15NO4. The van der Waals surface area contributed by atoms with Crippen molar-refractivity contribution in [1.29, 1.82) is 0 Å². The average molecular weight is 189 g/mol. The number of rotatable bonds is 5. The second kappa shape index (κ2) is 5.53. The van der Waals surface area contributed by atoms with Gasteiger partial charge in [-0.25, -0.2) is 0 Å². The number of hydrogen-bond acceptors (Lipinski definition) is 4. The molecule has 0 aliphatic heterocycles. The minimum Gasteiger partial charge on any atom is -0.481 e. The third kappa shape index (κ3) is 5.19. The molecule has 0 aliphatic carbocycles. The van der Waals surface area contributed by atoms with Crippen LogP contribution < -0.4 is 5.73 Å². The maximum Gasteiger partial charge on any atom is 0.308 e. The van der Waals surface area contributed by atoms with Gasteiger partial charge in [-0.05, 0) is 0 Å². The second-order valence-electron chi connectivity index (χ2n) is 3.05. The quantitative estimate of drug-likeness (QED) is 0.593. The Morgan fingerprint density at radius 2 is 2.00 bits per heavy atom. The molecule has 0 aliphatic rings. The highest BCUT2D eigenvalue weighted by Gasteiger charge is 2.18. The van der Waals surface area contributed by atoms with Crippen LogP contribution in [0.25, 0.3) is 0 Å². The summed E-state index contributed by atoms with van der Waals surface area (Å²) in [6.07, 6.45) is -0.956. The van der Waals surface area contributed by atoms with E-state index in [2.05, 4.69) is 0 Å². The van der Waals surface area contributed by atoms with Gasteiger partial charge >= 0.3 is 11.9 Å². The van der Waals surface area contributed by atoms with Crippen LogP contribution in [0.4, 0.5) is 0 Å². The highest BCUT2D eigenvalue weighted by Crippen LogP contribution is 2.03. The van der Waals surface area contributed by atoms with Crippen LogP contribution in [0, 0.1) is 5.92 Å². The fourth-order valence-corrected chi connectivity index (χ4v) is 0.668. The Hall–Kier alpha value is -1.10. The van der Waals surface area contributed by atoms with Gasteiger partial charge in [0.05, 0.1) is 12.3 Å². The summed E-state index contributed by atoms with van der Waals surface area (Å²) < 4.78 is 4.83. The van der Waals surface area contributed by atoms with Gasteiger partial charge in [-0.15, -0.1) is 0 Å². The van der Waals surface area contributed by atoms with Crippen molar-refractivity contribution in [3.63, 3.8) is 0 Å². The molecule has 5 heteroatoms. The molecule has 3 N–H and O–H groups in total. The average Bonchev–Trinajstić information content (AvgIpc) is 2.02. The van der Waals surface area contributed by atoms with E-state index in [0.717, 1.165) is 0 Å². The highest BCUT2D eigenvalue weighted by atomic mass is 16.5. The standard InChI is InChI=1S/C8H15NO4/c1-5(2)8(12)13-6(4-9)3-7(10)11/h5-6H,3-4,9H2,1-2H3,(H,10,11). The molecule has 76 valence electrons. The van der Waals surface area contributed by atoms with Gasteiger partial charge in [0.15, 0.2) is 0 Å². The predicted octanol–water partition coefficient (Wildman–Crippen LogP) is -0.0124. The number of carboxylic acids is 1. The summed E-state index contributed by atoms with van der Waals surface area (Å²) in [5, 5.41) is 8.42. The monoisotopic (exact) mass is 189 g/mol. The lowest BCUT2D eigenvalue weighted by molar-refractivity contribution is -0.155. The fourth-order valence-electron chi connectivity index (χ4n) is 0.668. The van der Waals surface area contributed by atoms with Crippen LogP contribution in [-0.2, 0) is 14.3 Å². The lowest BCUT2D eigenvalue weighted by atomic mass is 10.2. The molecule has 0 amide bonds. The lowest BCUT2D eigenvalue weighted by Crippen LogP contribution is -2.30. The van der Waals surface area contributed by atoms with Crippen LogP contribution >= 0.6 is 0 Å². The second-order valence-corrected chi connectivity index (χ2v) is 3.05. The summed E-state index contributed by atoms with van der Waals surface area (Å²) in [4.78, 5) is 21.3. The van der Waals surface area contributed by atoms with Gasteiger partial charge in [0.2, 0.25) is 0 Å². The zero-order valence-electron chi connectivity index (χ0n) is 7.82. The Morgan fingerprint density at radius 3 is 2.31 bits per heavy atom. The smallest absolute Gasteiger partial charge is 0.308 e. The van der Waals surface area contributed by atoms with Gasteiger partial charge in [0, 0.05) is 6.54 Å². The maximum atomic E-state index is 11.0. The van der Waals surface area contributed by atoms with E-state index in [1.807, 2.05) is 0 Å². The van der Waals surface area contributed by atoms with Crippen LogP contribution in [-0.4, -0.2) is 29.7 Å². The molecule has 0 rings (SSSR count). The predicted molar refractivity (Wildman–Crippen MR) is 46.0 cm³/mol. The molecule has 0 heterocycles. The topological polar surface area (TPSA) is 89.6 Å². The minimum absolute atomic E-state index is 0.0325. The zero-order valence-corrected chi connectivity index (χ0v) is 7.82. The third-order valence-electron chi connectivity index (χ3n) is 1.42. The van der Waals surface area contributed by atoms with Gasteiger partial charge in [0.25, 0.3) is 0 Å². The first-order chi connectivity index (χ1) is 5.97. The van der Waals surface area contributed by atoms with Crippen LogP contribution in [0.15, 0.2) is 0 Å². The van der Waals surface area contributed by atoms with Crippen molar-refractivity contribution in [3.8, 4) is 0 Å². The molecule has 0 aromatic carbocycles. The van der Waals surface area contributed by atoms with Crippen LogP contribution in [0.1, 0.15) is 20.3 Å². The van der Waals surface area contributed by atoms with Crippen molar-refractivity contribution in [1.82, 2.24) is 0 Å². The number of esters is 1. The number of carbonyl (C=O) groups is 2. The Kier molecular flexibility index (Phi) is 5.06. The van der Waals surface area contributed by atoms with Crippen molar-refractivity contribution in [3.05, 3.63) is 0 Å². The van der Waals surface area contributed by atoms with Crippen molar-refractivity contribution >= 4 is 11.9 Å². The van der Waals surface area contributed by atoms with E-state index in [0.29, 0.717) is 0 Å². The fraction of sp³-hybridized carbons (Fsp3) is 0.750. The van der Waals surface area contributed by atoms with Crippen molar-refractivity contribution < 1.29 is 19.4 Å². The van der Waals surface area contributed by atoms with Crippen molar-refractivity contribution in [2.45, 2.75) is 26.4 Å². The largest absolute Gasteiger partial charge is 0.481 e. The van der Waals surface area contributed by atoms with Crippen LogP contribution in [0.2, 0.25) is 0 Å². The molecule has 1 unspecified atom stereocenters.